The maximum atomic E-state index is 6.25. The van der Waals surface area contributed by atoms with Crippen molar-refractivity contribution in [3.8, 4) is 0 Å². The van der Waals surface area contributed by atoms with E-state index >= 15 is 0 Å². The predicted molar refractivity (Wildman–Crippen MR) is 79.4 cm³/mol. The zero-order chi connectivity index (χ0) is 13.1. The number of rotatable bonds is 3. The van der Waals surface area contributed by atoms with Crippen molar-refractivity contribution in [2.24, 2.45) is 0 Å². The highest BCUT2D eigenvalue weighted by Crippen LogP contribution is 2.32. The van der Waals surface area contributed by atoms with Crippen molar-refractivity contribution in [2.75, 3.05) is 36.8 Å². The van der Waals surface area contributed by atoms with Crippen LogP contribution in [0.3, 0.4) is 0 Å². The van der Waals surface area contributed by atoms with Crippen molar-refractivity contribution in [3.63, 3.8) is 0 Å². The van der Waals surface area contributed by atoms with E-state index in [1.54, 1.807) is 0 Å². The topological polar surface area (TPSA) is 32.5 Å². The number of halogens is 1. The van der Waals surface area contributed by atoms with Crippen LogP contribution in [0.1, 0.15) is 20.3 Å². The summed E-state index contributed by atoms with van der Waals surface area (Å²) in [4.78, 5) is 4.83. The number of piperazine rings is 1. The van der Waals surface area contributed by atoms with E-state index in [9.17, 15) is 0 Å². The van der Waals surface area contributed by atoms with Gasteiger partial charge in [-0.25, -0.2) is 0 Å². The fourth-order valence-corrected chi connectivity index (χ4v) is 2.81. The molecule has 2 rings (SSSR count). The van der Waals surface area contributed by atoms with Crippen molar-refractivity contribution in [1.29, 1.82) is 0 Å². The molecule has 0 spiro atoms. The van der Waals surface area contributed by atoms with Gasteiger partial charge in [-0.05, 0) is 25.5 Å². The maximum Gasteiger partial charge on any atom is 0.0790 e. The van der Waals surface area contributed by atoms with Gasteiger partial charge in [0.25, 0.3) is 0 Å². The van der Waals surface area contributed by atoms with Gasteiger partial charge in [0, 0.05) is 32.2 Å². The second-order valence-corrected chi connectivity index (χ2v) is 5.37. The molecule has 0 amide bonds. The van der Waals surface area contributed by atoms with Crippen LogP contribution in [0, 0.1) is 0 Å². The second kappa shape index (κ2) is 5.81. The number of nitrogen functional groups attached to an aromatic ring is 1. The van der Waals surface area contributed by atoms with Gasteiger partial charge in [-0.15, -0.1) is 0 Å². The first kappa shape index (κ1) is 13.5. The number of anilines is 2. The highest BCUT2D eigenvalue weighted by molar-refractivity contribution is 6.34. The summed E-state index contributed by atoms with van der Waals surface area (Å²) in [5, 5.41) is 0.756. The summed E-state index contributed by atoms with van der Waals surface area (Å²) in [6.45, 7) is 8.69. The lowest BCUT2D eigenvalue weighted by Crippen LogP contribution is -2.49. The lowest BCUT2D eigenvalue weighted by molar-refractivity contribution is 0.193. The summed E-state index contributed by atoms with van der Waals surface area (Å²) < 4.78 is 0. The van der Waals surface area contributed by atoms with Gasteiger partial charge in [0.15, 0.2) is 0 Å². The number of nitrogens with two attached hydrogens (primary N) is 1. The van der Waals surface area contributed by atoms with Gasteiger partial charge in [0.1, 0.15) is 0 Å². The van der Waals surface area contributed by atoms with Crippen LogP contribution in [0.4, 0.5) is 11.4 Å². The molecule has 2 N–H and O–H groups in total. The first-order chi connectivity index (χ1) is 8.63. The SMILES string of the molecule is CCC(C)N1CCN(c2c(N)cccc2Cl)CC1. The Kier molecular flexibility index (Phi) is 4.36. The van der Waals surface area contributed by atoms with Crippen LogP contribution in [0.25, 0.3) is 0 Å². The molecule has 0 radical (unpaired) electrons. The highest BCUT2D eigenvalue weighted by atomic mass is 35.5. The molecule has 1 unspecified atom stereocenters. The minimum absolute atomic E-state index is 0.663. The third-order valence-corrected chi connectivity index (χ3v) is 4.17. The highest BCUT2D eigenvalue weighted by Gasteiger charge is 2.22. The summed E-state index contributed by atoms with van der Waals surface area (Å²) in [6.07, 6.45) is 1.20. The molecule has 1 aliphatic rings. The molecule has 1 aliphatic heterocycles. The normalized spacial score (nSPS) is 18.9. The van der Waals surface area contributed by atoms with Crippen molar-refractivity contribution in [3.05, 3.63) is 23.2 Å². The van der Waals surface area contributed by atoms with Crippen LogP contribution >= 0.6 is 11.6 Å². The largest absolute Gasteiger partial charge is 0.397 e. The molecule has 1 aromatic carbocycles. The molecule has 1 saturated heterocycles. The molecule has 1 heterocycles. The fourth-order valence-electron chi connectivity index (χ4n) is 2.51. The average Bonchev–Trinajstić information content (AvgIpc) is 2.38. The van der Waals surface area contributed by atoms with E-state index in [4.69, 9.17) is 17.3 Å². The third-order valence-electron chi connectivity index (χ3n) is 3.86. The van der Waals surface area contributed by atoms with E-state index < -0.39 is 0 Å². The molecule has 1 fully saturated rings. The Morgan fingerprint density at radius 1 is 1.28 bits per heavy atom. The van der Waals surface area contributed by atoms with Crippen molar-refractivity contribution < 1.29 is 0 Å². The van der Waals surface area contributed by atoms with Gasteiger partial charge in [0.05, 0.1) is 16.4 Å². The van der Waals surface area contributed by atoms with E-state index in [0.717, 1.165) is 42.6 Å². The van der Waals surface area contributed by atoms with Gasteiger partial charge in [-0.2, -0.15) is 0 Å². The van der Waals surface area contributed by atoms with E-state index in [1.165, 1.54) is 6.42 Å². The molecule has 1 aromatic rings. The van der Waals surface area contributed by atoms with Crippen LogP contribution < -0.4 is 10.6 Å². The minimum atomic E-state index is 0.663. The molecule has 4 heteroatoms. The summed E-state index contributed by atoms with van der Waals surface area (Å²) in [7, 11) is 0. The number of hydrogen-bond acceptors (Lipinski definition) is 3. The maximum absolute atomic E-state index is 6.25. The van der Waals surface area contributed by atoms with E-state index in [2.05, 4.69) is 23.6 Å². The zero-order valence-corrected chi connectivity index (χ0v) is 12.0. The van der Waals surface area contributed by atoms with Gasteiger partial charge >= 0.3 is 0 Å². The number of benzene rings is 1. The van der Waals surface area contributed by atoms with Crippen LogP contribution in [-0.4, -0.2) is 37.1 Å². The molecule has 18 heavy (non-hydrogen) atoms. The van der Waals surface area contributed by atoms with E-state index in [-0.39, 0.29) is 0 Å². The molecule has 0 saturated carbocycles. The zero-order valence-electron chi connectivity index (χ0n) is 11.2. The van der Waals surface area contributed by atoms with E-state index in [1.807, 2.05) is 18.2 Å². The molecule has 100 valence electrons. The lowest BCUT2D eigenvalue weighted by atomic mass is 10.1. The molecule has 0 aromatic heterocycles. The smallest absolute Gasteiger partial charge is 0.0790 e. The van der Waals surface area contributed by atoms with Crippen LogP contribution in [-0.2, 0) is 0 Å². The molecular weight excluding hydrogens is 246 g/mol. The van der Waals surface area contributed by atoms with Gasteiger partial charge in [0.2, 0.25) is 0 Å². The third kappa shape index (κ3) is 2.73. The van der Waals surface area contributed by atoms with Gasteiger partial charge < -0.3 is 10.6 Å². The monoisotopic (exact) mass is 267 g/mol. The Balaban J connectivity index is 2.06. The summed E-state index contributed by atoms with van der Waals surface area (Å²) >= 11 is 6.25. The second-order valence-electron chi connectivity index (χ2n) is 4.96. The number of para-hydroxylation sites is 1. The molecule has 0 bridgehead atoms. The summed E-state index contributed by atoms with van der Waals surface area (Å²) in [6, 6.07) is 6.39. The predicted octanol–water partition coefficient (Wildman–Crippen LogP) is 2.84. The summed E-state index contributed by atoms with van der Waals surface area (Å²) in [5.74, 6) is 0. The molecular formula is C14H22ClN3. The fraction of sp³-hybridized carbons (Fsp3) is 0.571. The van der Waals surface area contributed by atoms with Crippen molar-refractivity contribution in [2.45, 2.75) is 26.3 Å². The van der Waals surface area contributed by atoms with Crippen LogP contribution in [0.2, 0.25) is 5.02 Å². The van der Waals surface area contributed by atoms with Gasteiger partial charge in [-0.3, -0.25) is 4.90 Å². The Hall–Kier alpha value is -0.930. The standard InChI is InChI=1S/C14H22ClN3/c1-3-11(2)17-7-9-18(10-8-17)14-12(15)5-4-6-13(14)16/h4-6,11H,3,7-10,16H2,1-2H3. The van der Waals surface area contributed by atoms with Crippen molar-refractivity contribution >= 4 is 23.0 Å². The number of hydrogen-bond donors (Lipinski definition) is 1. The molecule has 0 aliphatic carbocycles. The lowest BCUT2D eigenvalue weighted by Gasteiger charge is -2.39. The Morgan fingerprint density at radius 2 is 1.94 bits per heavy atom. The van der Waals surface area contributed by atoms with Crippen LogP contribution in [0.15, 0.2) is 18.2 Å². The number of nitrogens with zero attached hydrogens (tertiary/aromatic N) is 2. The Labute approximate surface area is 115 Å². The minimum Gasteiger partial charge on any atom is -0.397 e. The van der Waals surface area contributed by atoms with Gasteiger partial charge in [-0.1, -0.05) is 24.6 Å². The quantitative estimate of drug-likeness (QED) is 0.855. The first-order valence-corrected chi connectivity index (χ1v) is 7.04. The Bertz CT molecular complexity index is 380. The average molecular weight is 268 g/mol. The first-order valence-electron chi connectivity index (χ1n) is 6.66. The van der Waals surface area contributed by atoms with Crippen LogP contribution in [0.5, 0.6) is 0 Å². The van der Waals surface area contributed by atoms with Crippen molar-refractivity contribution in [1.82, 2.24) is 4.90 Å². The Morgan fingerprint density at radius 3 is 2.50 bits per heavy atom. The molecule has 1 atom stereocenters. The summed E-state index contributed by atoms with van der Waals surface area (Å²) in [5.41, 5.74) is 7.81. The van der Waals surface area contributed by atoms with E-state index in [0.29, 0.717) is 6.04 Å². The molecule has 3 nitrogen and oxygen atoms in total.